The molecule has 4 nitrogen and oxygen atoms in total. The molecule has 0 unspecified atom stereocenters. The van der Waals surface area contributed by atoms with Gasteiger partial charge in [-0.05, 0) is 61.1 Å². The molecule has 1 saturated carbocycles. The van der Waals surface area contributed by atoms with E-state index < -0.39 is 6.04 Å². The van der Waals surface area contributed by atoms with E-state index in [1.807, 2.05) is 68.4 Å². The minimum absolute atomic E-state index is 0.0339. The van der Waals surface area contributed by atoms with Gasteiger partial charge in [-0.2, -0.15) is 0 Å². The van der Waals surface area contributed by atoms with Crippen LogP contribution >= 0.6 is 15.9 Å². The van der Waals surface area contributed by atoms with Crippen LogP contribution in [-0.2, 0) is 29.0 Å². The number of rotatable bonds is 9. The van der Waals surface area contributed by atoms with Crippen molar-refractivity contribution >= 4 is 27.7 Å². The highest BCUT2D eigenvalue weighted by molar-refractivity contribution is 9.10. The van der Waals surface area contributed by atoms with E-state index in [0.717, 1.165) is 58.0 Å². The van der Waals surface area contributed by atoms with E-state index in [-0.39, 0.29) is 24.3 Å². The normalized spacial score (nSPS) is 14.7. The molecule has 1 aliphatic carbocycles. The van der Waals surface area contributed by atoms with Crippen molar-refractivity contribution in [3.63, 3.8) is 0 Å². The lowest BCUT2D eigenvalue weighted by atomic mass is 9.94. The van der Waals surface area contributed by atoms with Crippen molar-refractivity contribution < 1.29 is 9.59 Å². The SMILES string of the molecule is Cc1ccc(C)c(CC(=O)N(Cc2cccc(Br)c2)[C@H](Cc2ccccc2)C(=O)NC2CCCCC2)c1. The van der Waals surface area contributed by atoms with Crippen molar-refractivity contribution in [2.45, 2.75) is 77.4 Å². The number of carbonyl (C=O) groups excluding carboxylic acids is 2. The standard InChI is InChI=1S/C32H37BrN2O2/c1-23-16-17-24(2)27(18-23)21-31(36)35(22-26-12-9-13-28(33)19-26)30(20-25-10-5-3-6-11-25)32(37)34-29-14-7-4-8-15-29/h3,5-6,9-13,16-19,29-30H,4,7-8,14-15,20-22H2,1-2H3,(H,34,37)/t30-/m1/s1. The van der Waals surface area contributed by atoms with E-state index in [0.29, 0.717) is 13.0 Å². The molecule has 1 fully saturated rings. The fourth-order valence-corrected chi connectivity index (χ4v) is 5.63. The molecular formula is C32H37BrN2O2. The van der Waals surface area contributed by atoms with Crippen molar-refractivity contribution in [3.05, 3.63) is 105 Å². The minimum atomic E-state index is -0.596. The monoisotopic (exact) mass is 560 g/mol. The Morgan fingerprint density at radius 2 is 1.65 bits per heavy atom. The van der Waals surface area contributed by atoms with Gasteiger partial charge >= 0.3 is 0 Å². The number of hydrogen-bond acceptors (Lipinski definition) is 2. The highest BCUT2D eigenvalue weighted by Gasteiger charge is 2.32. The van der Waals surface area contributed by atoms with Crippen LogP contribution in [-0.4, -0.2) is 28.8 Å². The predicted molar refractivity (Wildman–Crippen MR) is 153 cm³/mol. The Hall–Kier alpha value is -2.92. The first-order chi connectivity index (χ1) is 17.9. The summed E-state index contributed by atoms with van der Waals surface area (Å²) in [5.41, 5.74) is 5.27. The van der Waals surface area contributed by atoms with Crippen LogP contribution in [0.2, 0.25) is 0 Å². The molecule has 5 heteroatoms. The zero-order chi connectivity index (χ0) is 26.2. The molecule has 194 valence electrons. The lowest BCUT2D eigenvalue weighted by molar-refractivity contribution is -0.141. The average Bonchev–Trinajstić information content (AvgIpc) is 2.89. The maximum atomic E-state index is 14.0. The summed E-state index contributed by atoms with van der Waals surface area (Å²) in [6.07, 6.45) is 6.26. The smallest absolute Gasteiger partial charge is 0.243 e. The van der Waals surface area contributed by atoms with Gasteiger partial charge in [0.1, 0.15) is 6.04 Å². The molecule has 0 heterocycles. The molecule has 0 spiro atoms. The third-order valence-corrected chi connectivity index (χ3v) is 7.80. The zero-order valence-corrected chi connectivity index (χ0v) is 23.5. The minimum Gasteiger partial charge on any atom is -0.352 e. The van der Waals surface area contributed by atoms with Gasteiger partial charge in [-0.3, -0.25) is 9.59 Å². The van der Waals surface area contributed by atoms with Crippen molar-refractivity contribution in [3.8, 4) is 0 Å². The summed E-state index contributed by atoms with van der Waals surface area (Å²) in [5, 5.41) is 3.31. The van der Waals surface area contributed by atoms with Gasteiger partial charge < -0.3 is 10.2 Å². The molecule has 37 heavy (non-hydrogen) atoms. The summed E-state index contributed by atoms with van der Waals surface area (Å²) in [6.45, 7) is 4.46. The van der Waals surface area contributed by atoms with Crippen LogP contribution < -0.4 is 5.32 Å². The molecule has 0 radical (unpaired) electrons. The van der Waals surface area contributed by atoms with Crippen molar-refractivity contribution in [2.24, 2.45) is 0 Å². The summed E-state index contributed by atoms with van der Waals surface area (Å²) in [4.78, 5) is 29.7. The number of amides is 2. The number of carbonyl (C=O) groups is 2. The maximum Gasteiger partial charge on any atom is 0.243 e. The van der Waals surface area contributed by atoms with Crippen LogP contribution in [0.4, 0.5) is 0 Å². The molecule has 0 aromatic heterocycles. The molecule has 0 bridgehead atoms. The summed E-state index contributed by atoms with van der Waals surface area (Å²) in [5.74, 6) is -0.0894. The Bertz CT molecular complexity index is 1200. The second-order valence-corrected chi connectivity index (χ2v) is 11.2. The highest BCUT2D eigenvalue weighted by atomic mass is 79.9. The largest absolute Gasteiger partial charge is 0.352 e. The quantitative estimate of drug-likeness (QED) is 0.316. The molecule has 1 atom stereocenters. The third-order valence-electron chi connectivity index (χ3n) is 7.31. The number of nitrogens with zero attached hydrogens (tertiary/aromatic N) is 1. The Kier molecular flexibility index (Phi) is 9.56. The van der Waals surface area contributed by atoms with E-state index in [1.54, 1.807) is 4.90 Å². The number of halogens is 1. The molecule has 2 amide bonds. The van der Waals surface area contributed by atoms with Crippen molar-refractivity contribution in [1.82, 2.24) is 10.2 Å². The molecular weight excluding hydrogens is 524 g/mol. The van der Waals surface area contributed by atoms with Crippen LogP contribution in [0.25, 0.3) is 0 Å². The summed E-state index contributed by atoms with van der Waals surface area (Å²) in [7, 11) is 0. The van der Waals surface area contributed by atoms with E-state index >= 15 is 0 Å². The highest BCUT2D eigenvalue weighted by Crippen LogP contribution is 2.22. The molecule has 0 aliphatic heterocycles. The van der Waals surface area contributed by atoms with Gasteiger partial charge in [0.05, 0.1) is 6.42 Å². The van der Waals surface area contributed by atoms with Gasteiger partial charge in [0, 0.05) is 23.5 Å². The second-order valence-electron chi connectivity index (χ2n) is 10.3. The van der Waals surface area contributed by atoms with Gasteiger partial charge in [0.25, 0.3) is 0 Å². The second kappa shape index (κ2) is 13.0. The number of hydrogen-bond donors (Lipinski definition) is 1. The van der Waals surface area contributed by atoms with Crippen LogP contribution in [0, 0.1) is 13.8 Å². The van der Waals surface area contributed by atoms with Crippen LogP contribution in [0.5, 0.6) is 0 Å². The summed E-state index contributed by atoms with van der Waals surface area (Å²) < 4.78 is 0.957. The lowest BCUT2D eigenvalue weighted by Crippen LogP contribution is -2.53. The Labute approximate surface area is 229 Å². The fourth-order valence-electron chi connectivity index (χ4n) is 5.19. The lowest BCUT2D eigenvalue weighted by Gasteiger charge is -2.33. The van der Waals surface area contributed by atoms with E-state index in [9.17, 15) is 9.59 Å². The van der Waals surface area contributed by atoms with E-state index in [4.69, 9.17) is 0 Å². The summed E-state index contributed by atoms with van der Waals surface area (Å²) in [6, 6.07) is 23.8. The Balaban J connectivity index is 1.68. The third kappa shape index (κ3) is 7.78. The first kappa shape index (κ1) is 27.1. The Morgan fingerprint density at radius 3 is 2.38 bits per heavy atom. The van der Waals surface area contributed by atoms with E-state index in [2.05, 4.69) is 39.4 Å². The molecule has 0 saturated heterocycles. The first-order valence-electron chi connectivity index (χ1n) is 13.3. The van der Waals surface area contributed by atoms with E-state index in [1.165, 1.54) is 6.42 Å². The van der Waals surface area contributed by atoms with Gasteiger partial charge in [0.2, 0.25) is 11.8 Å². The number of nitrogens with one attached hydrogen (secondary N) is 1. The van der Waals surface area contributed by atoms with Crippen LogP contribution in [0.1, 0.15) is 59.9 Å². The predicted octanol–water partition coefficient (Wildman–Crippen LogP) is 6.70. The van der Waals surface area contributed by atoms with Crippen molar-refractivity contribution in [1.29, 1.82) is 0 Å². The zero-order valence-electron chi connectivity index (χ0n) is 21.9. The number of benzene rings is 3. The number of aryl methyl sites for hydroxylation is 2. The molecule has 1 N–H and O–H groups in total. The first-order valence-corrected chi connectivity index (χ1v) is 14.1. The average molecular weight is 562 g/mol. The Morgan fingerprint density at radius 1 is 0.919 bits per heavy atom. The van der Waals surface area contributed by atoms with Crippen molar-refractivity contribution in [2.75, 3.05) is 0 Å². The van der Waals surface area contributed by atoms with Crippen LogP contribution in [0.3, 0.4) is 0 Å². The van der Waals surface area contributed by atoms with Gasteiger partial charge in [0.15, 0.2) is 0 Å². The van der Waals surface area contributed by atoms with Gasteiger partial charge in [-0.1, -0.05) is 101 Å². The maximum absolute atomic E-state index is 14.0. The molecule has 3 aromatic rings. The van der Waals surface area contributed by atoms with Gasteiger partial charge in [-0.25, -0.2) is 0 Å². The summed E-state index contributed by atoms with van der Waals surface area (Å²) >= 11 is 3.56. The van der Waals surface area contributed by atoms with Gasteiger partial charge in [-0.15, -0.1) is 0 Å². The molecule has 1 aliphatic rings. The fraction of sp³-hybridized carbons (Fsp3) is 0.375. The molecule has 3 aromatic carbocycles. The molecule has 4 rings (SSSR count). The topological polar surface area (TPSA) is 49.4 Å². The van der Waals surface area contributed by atoms with Crippen LogP contribution in [0.15, 0.2) is 77.3 Å².